The summed E-state index contributed by atoms with van der Waals surface area (Å²) in [6.07, 6.45) is 0.902. The van der Waals surface area contributed by atoms with Gasteiger partial charge in [-0.1, -0.05) is 26.0 Å². The first-order valence-corrected chi connectivity index (χ1v) is 11.9. The maximum atomic E-state index is 14.0. The standard InChI is InChI=1S/C24H30FN3O2S/c1-16(2)24(30)28-11-10-26(14-17(28)3)22(29)15-27-9-7-21-20(8-12-31-21)23(27)18-5-4-6-19(25)13-18/h4-6,8,12-13,16-17,23H,7,9-11,14-15H2,1-3H3/t17-,23-/m1/s1. The predicted octanol–water partition coefficient (Wildman–Crippen LogP) is 3.55. The fraction of sp³-hybridized carbons (Fsp3) is 0.500. The number of halogens is 1. The van der Waals surface area contributed by atoms with Crippen molar-refractivity contribution in [3.05, 3.63) is 57.5 Å². The second kappa shape index (κ2) is 9.09. The molecule has 2 aromatic rings. The number of carbonyl (C=O) groups is 2. The van der Waals surface area contributed by atoms with Gasteiger partial charge in [-0.25, -0.2) is 4.39 Å². The summed E-state index contributed by atoms with van der Waals surface area (Å²) >= 11 is 1.73. The Labute approximate surface area is 187 Å². The molecule has 2 amide bonds. The molecule has 1 aromatic heterocycles. The van der Waals surface area contributed by atoms with Crippen LogP contribution < -0.4 is 0 Å². The quantitative estimate of drug-likeness (QED) is 0.726. The Morgan fingerprint density at radius 3 is 2.71 bits per heavy atom. The topological polar surface area (TPSA) is 43.9 Å². The Balaban J connectivity index is 1.49. The van der Waals surface area contributed by atoms with Crippen LogP contribution in [0.5, 0.6) is 0 Å². The minimum atomic E-state index is -0.258. The summed E-state index contributed by atoms with van der Waals surface area (Å²) in [6.45, 7) is 8.58. The lowest BCUT2D eigenvalue weighted by molar-refractivity contribution is -0.145. The van der Waals surface area contributed by atoms with E-state index in [0.717, 1.165) is 18.5 Å². The number of hydrogen-bond acceptors (Lipinski definition) is 4. The van der Waals surface area contributed by atoms with E-state index in [2.05, 4.69) is 16.3 Å². The van der Waals surface area contributed by atoms with Crippen LogP contribution in [-0.4, -0.2) is 65.3 Å². The number of piperazine rings is 1. The van der Waals surface area contributed by atoms with Crippen LogP contribution >= 0.6 is 11.3 Å². The van der Waals surface area contributed by atoms with Crippen molar-refractivity contribution in [2.75, 3.05) is 32.7 Å². The maximum absolute atomic E-state index is 14.0. The molecular weight excluding hydrogens is 413 g/mol. The molecule has 0 N–H and O–H groups in total. The van der Waals surface area contributed by atoms with Gasteiger partial charge < -0.3 is 9.80 Å². The molecule has 2 atom stereocenters. The van der Waals surface area contributed by atoms with Crippen molar-refractivity contribution in [3.8, 4) is 0 Å². The minimum Gasteiger partial charge on any atom is -0.338 e. The molecule has 0 aliphatic carbocycles. The summed E-state index contributed by atoms with van der Waals surface area (Å²) in [5, 5.41) is 2.08. The SMILES string of the molecule is CC(C)C(=O)N1CCN(C(=O)CN2CCc3sccc3[C@H]2c2cccc(F)c2)C[C@H]1C. The van der Waals surface area contributed by atoms with Gasteiger partial charge in [0.2, 0.25) is 11.8 Å². The van der Waals surface area contributed by atoms with Crippen molar-refractivity contribution >= 4 is 23.2 Å². The van der Waals surface area contributed by atoms with Gasteiger partial charge in [-0.15, -0.1) is 11.3 Å². The predicted molar refractivity (Wildman–Crippen MR) is 120 cm³/mol. The van der Waals surface area contributed by atoms with Crippen LogP contribution in [0.1, 0.15) is 42.8 Å². The fourth-order valence-corrected chi connectivity index (χ4v) is 5.63. The monoisotopic (exact) mass is 443 g/mol. The van der Waals surface area contributed by atoms with E-state index in [-0.39, 0.29) is 35.6 Å². The maximum Gasteiger partial charge on any atom is 0.236 e. The zero-order valence-electron chi connectivity index (χ0n) is 18.4. The lowest BCUT2D eigenvalue weighted by Crippen LogP contribution is -2.57. The van der Waals surface area contributed by atoms with E-state index in [0.29, 0.717) is 26.2 Å². The van der Waals surface area contributed by atoms with Crippen LogP contribution in [0.25, 0.3) is 0 Å². The molecule has 3 heterocycles. The number of rotatable bonds is 4. The van der Waals surface area contributed by atoms with Crippen molar-refractivity contribution in [3.63, 3.8) is 0 Å². The second-order valence-electron chi connectivity index (χ2n) is 8.85. The highest BCUT2D eigenvalue weighted by Crippen LogP contribution is 2.37. The summed E-state index contributed by atoms with van der Waals surface area (Å²) in [5.74, 6) is -0.0776. The molecule has 0 spiro atoms. The van der Waals surface area contributed by atoms with Gasteiger partial charge in [0, 0.05) is 43.0 Å². The summed E-state index contributed by atoms with van der Waals surface area (Å²) < 4.78 is 14.0. The van der Waals surface area contributed by atoms with Crippen LogP contribution in [0.3, 0.4) is 0 Å². The molecule has 1 fully saturated rings. The highest BCUT2D eigenvalue weighted by atomic mass is 32.1. The van der Waals surface area contributed by atoms with Crippen molar-refractivity contribution in [2.24, 2.45) is 5.92 Å². The average molecular weight is 444 g/mol. The van der Waals surface area contributed by atoms with Gasteiger partial charge in [-0.3, -0.25) is 14.5 Å². The third-order valence-electron chi connectivity index (χ3n) is 6.33. The molecule has 31 heavy (non-hydrogen) atoms. The number of nitrogens with zero attached hydrogens (tertiary/aromatic N) is 3. The van der Waals surface area contributed by atoms with E-state index in [4.69, 9.17) is 0 Å². The van der Waals surface area contributed by atoms with Crippen LogP contribution in [-0.2, 0) is 16.0 Å². The Morgan fingerprint density at radius 1 is 1.19 bits per heavy atom. The third-order valence-corrected chi connectivity index (χ3v) is 7.32. The summed E-state index contributed by atoms with van der Waals surface area (Å²) in [5.41, 5.74) is 2.06. The molecule has 4 rings (SSSR count). The van der Waals surface area contributed by atoms with E-state index < -0.39 is 0 Å². The van der Waals surface area contributed by atoms with Crippen LogP contribution in [0.2, 0.25) is 0 Å². The van der Waals surface area contributed by atoms with Crippen molar-refractivity contribution in [2.45, 2.75) is 39.3 Å². The summed E-state index contributed by atoms with van der Waals surface area (Å²) in [6, 6.07) is 8.70. The molecule has 0 unspecified atom stereocenters. The number of hydrogen-bond donors (Lipinski definition) is 0. The van der Waals surface area contributed by atoms with E-state index in [1.165, 1.54) is 16.5 Å². The lowest BCUT2D eigenvalue weighted by atomic mass is 9.93. The number of benzene rings is 1. The Morgan fingerprint density at radius 2 is 2.00 bits per heavy atom. The minimum absolute atomic E-state index is 0.0106. The number of carbonyl (C=O) groups excluding carboxylic acids is 2. The zero-order chi connectivity index (χ0) is 22.1. The molecule has 166 valence electrons. The first kappa shape index (κ1) is 22.0. The zero-order valence-corrected chi connectivity index (χ0v) is 19.2. The highest BCUT2D eigenvalue weighted by Gasteiger charge is 2.34. The van der Waals surface area contributed by atoms with Crippen LogP contribution in [0.15, 0.2) is 35.7 Å². The van der Waals surface area contributed by atoms with Crippen LogP contribution in [0.4, 0.5) is 4.39 Å². The molecule has 7 heteroatoms. The second-order valence-corrected chi connectivity index (χ2v) is 9.85. The van der Waals surface area contributed by atoms with E-state index in [1.54, 1.807) is 23.5 Å². The smallest absolute Gasteiger partial charge is 0.236 e. The van der Waals surface area contributed by atoms with Gasteiger partial charge in [-0.2, -0.15) is 0 Å². The Kier molecular flexibility index (Phi) is 6.44. The first-order valence-electron chi connectivity index (χ1n) is 11.0. The lowest BCUT2D eigenvalue weighted by Gasteiger charge is -2.42. The van der Waals surface area contributed by atoms with Gasteiger partial charge in [0.15, 0.2) is 0 Å². The number of amides is 2. The van der Waals surface area contributed by atoms with Gasteiger partial charge in [0.25, 0.3) is 0 Å². The Bertz CT molecular complexity index is 960. The molecule has 1 saturated heterocycles. The van der Waals surface area contributed by atoms with Crippen molar-refractivity contribution in [1.82, 2.24) is 14.7 Å². The van der Waals surface area contributed by atoms with Gasteiger partial charge >= 0.3 is 0 Å². The van der Waals surface area contributed by atoms with Crippen LogP contribution in [0, 0.1) is 11.7 Å². The molecule has 0 saturated carbocycles. The summed E-state index contributed by atoms with van der Waals surface area (Å²) in [4.78, 5) is 32.9. The molecule has 2 aliphatic heterocycles. The molecule has 1 aromatic carbocycles. The van der Waals surface area contributed by atoms with Crippen molar-refractivity contribution < 1.29 is 14.0 Å². The largest absolute Gasteiger partial charge is 0.338 e. The fourth-order valence-electron chi connectivity index (χ4n) is 4.72. The summed E-state index contributed by atoms with van der Waals surface area (Å²) in [7, 11) is 0. The number of fused-ring (bicyclic) bond motifs is 1. The molecular formula is C24H30FN3O2S. The first-order chi connectivity index (χ1) is 14.8. The number of thiophene rings is 1. The van der Waals surface area contributed by atoms with E-state index in [9.17, 15) is 14.0 Å². The van der Waals surface area contributed by atoms with E-state index in [1.807, 2.05) is 36.6 Å². The molecule has 2 aliphatic rings. The van der Waals surface area contributed by atoms with Gasteiger partial charge in [0.05, 0.1) is 12.6 Å². The normalized spacial score (nSPS) is 22.0. The molecule has 0 radical (unpaired) electrons. The average Bonchev–Trinajstić information content (AvgIpc) is 3.21. The highest BCUT2D eigenvalue weighted by molar-refractivity contribution is 7.10. The molecule has 5 nitrogen and oxygen atoms in total. The molecule has 0 bridgehead atoms. The van der Waals surface area contributed by atoms with Gasteiger partial charge in [0.1, 0.15) is 5.82 Å². The van der Waals surface area contributed by atoms with E-state index >= 15 is 0 Å². The van der Waals surface area contributed by atoms with Gasteiger partial charge in [-0.05, 0) is 48.1 Å². The Hall–Kier alpha value is -2.25. The third kappa shape index (κ3) is 4.53. The van der Waals surface area contributed by atoms with Crippen molar-refractivity contribution in [1.29, 1.82) is 0 Å².